The largest absolute Gasteiger partial charge is 0.489 e. The molecule has 0 radical (unpaired) electrons. The summed E-state index contributed by atoms with van der Waals surface area (Å²) in [4.78, 5) is 28.2. The quantitative estimate of drug-likeness (QED) is 0.514. The van der Waals surface area contributed by atoms with Gasteiger partial charge in [-0.05, 0) is 69.7 Å². The highest BCUT2D eigenvalue weighted by Gasteiger charge is 2.46. The van der Waals surface area contributed by atoms with Crippen molar-refractivity contribution in [3.05, 3.63) is 65.7 Å². The van der Waals surface area contributed by atoms with Crippen LogP contribution >= 0.6 is 0 Å². The van der Waals surface area contributed by atoms with Crippen molar-refractivity contribution >= 4 is 12.0 Å². The smallest absolute Gasteiger partial charge is 0.409 e. The summed E-state index contributed by atoms with van der Waals surface area (Å²) in [5, 5.41) is 14.6. The predicted octanol–water partition coefficient (Wildman–Crippen LogP) is 5.52. The van der Waals surface area contributed by atoms with Gasteiger partial charge in [0.15, 0.2) is 0 Å². The van der Waals surface area contributed by atoms with Crippen LogP contribution in [0.1, 0.15) is 82.8 Å². The second kappa shape index (κ2) is 11.5. The Balaban J connectivity index is 1.53. The van der Waals surface area contributed by atoms with E-state index in [9.17, 15) is 14.7 Å². The zero-order valence-electron chi connectivity index (χ0n) is 22.2. The van der Waals surface area contributed by atoms with Crippen molar-refractivity contribution in [2.24, 2.45) is 0 Å². The summed E-state index contributed by atoms with van der Waals surface area (Å²) in [6, 6.07) is 17.5. The number of alkyl carbamates (subject to hydrolysis) is 1. The SMILES string of the molecule is CC(C)(C)OC(=O)NC1CCCN1C(=O)C(c1ccc(OCc2ccccc2)cc1)C1(O)CCCCC1. The predicted molar refractivity (Wildman–Crippen MR) is 142 cm³/mol. The van der Waals surface area contributed by atoms with E-state index in [0.29, 0.717) is 38.2 Å². The van der Waals surface area contributed by atoms with Crippen molar-refractivity contribution in [2.45, 2.75) is 95.6 Å². The van der Waals surface area contributed by atoms with Gasteiger partial charge in [-0.15, -0.1) is 0 Å². The van der Waals surface area contributed by atoms with Crippen LogP contribution in [0.15, 0.2) is 54.6 Å². The first-order valence-corrected chi connectivity index (χ1v) is 13.4. The van der Waals surface area contributed by atoms with Crippen LogP contribution < -0.4 is 10.1 Å². The van der Waals surface area contributed by atoms with Crippen molar-refractivity contribution < 1.29 is 24.2 Å². The molecule has 1 saturated heterocycles. The van der Waals surface area contributed by atoms with Gasteiger partial charge in [0.1, 0.15) is 24.1 Å². The molecule has 7 heteroatoms. The lowest BCUT2D eigenvalue weighted by atomic mass is 9.72. The first-order chi connectivity index (χ1) is 17.6. The van der Waals surface area contributed by atoms with Crippen LogP contribution in [-0.4, -0.2) is 45.9 Å². The standard InChI is InChI=1S/C30H40N2O5/c1-29(2,3)37-28(34)31-25-13-10-20-32(25)27(33)26(30(35)18-8-5-9-19-30)23-14-16-24(17-15-23)36-21-22-11-6-4-7-12-22/h4,6-7,11-12,14-17,25-26,35H,5,8-10,13,18-21H2,1-3H3,(H,31,34). The Kier molecular flexibility index (Phi) is 8.42. The molecule has 7 nitrogen and oxygen atoms in total. The Labute approximate surface area is 220 Å². The number of ether oxygens (including phenoxy) is 2. The average Bonchev–Trinajstić information content (AvgIpc) is 3.31. The molecule has 0 aromatic heterocycles. The number of aliphatic hydroxyl groups is 1. The Morgan fingerprint density at radius 3 is 2.35 bits per heavy atom. The van der Waals surface area contributed by atoms with E-state index in [1.807, 2.05) is 75.4 Å². The third-order valence-electron chi connectivity index (χ3n) is 7.18. The minimum Gasteiger partial charge on any atom is -0.489 e. The van der Waals surface area contributed by atoms with Crippen LogP contribution in [0, 0.1) is 0 Å². The molecule has 4 rings (SSSR count). The molecule has 2 unspecified atom stereocenters. The molecule has 1 aliphatic carbocycles. The van der Waals surface area contributed by atoms with Crippen molar-refractivity contribution in [3.8, 4) is 5.75 Å². The number of nitrogens with zero attached hydrogens (tertiary/aromatic N) is 1. The van der Waals surface area contributed by atoms with Crippen molar-refractivity contribution in [3.63, 3.8) is 0 Å². The summed E-state index contributed by atoms with van der Waals surface area (Å²) in [6.07, 6.45) is 4.43. The molecule has 0 bridgehead atoms. The molecule has 2 atom stereocenters. The summed E-state index contributed by atoms with van der Waals surface area (Å²) in [5.74, 6) is -0.155. The Bertz CT molecular complexity index is 1040. The van der Waals surface area contributed by atoms with Gasteiger partial charge < -0.3 is 24.8 Å². The number of carbonyl (C=O) groups excluding carboxylic acids is 2. The number of amides is 2. The number of rotatable bonds is 7. The fourth-order valence-corrected chi connectivity index (χ4v) is 5.42. The zero-order valence-corrected chi connectivity index (χ0v) is 22.2. The lowest BCUT2D eigenvalue weighted by Crippen LogP contribution is -2.53. The molecule has 2 fully saturated rings. The molecule has 1 heterocycles. The molecule has 1 aliphatic heterocycles. The molecule has 2 aliphatic rings. The highest BCUT2D eigenvalue weighted by Crippen LogP contribution is 2.42. The highest BCUT2D eigenvalue weighted by molar-refractivity contribution is 5.86. The summed E-state index contributed by atoms with van der Waals surface area (Å²) in [5.41, 5.74) is 0.0979. The molecule has 2 amide bonds. The molecule has 1 saturated carbocycles. The summed E-state index contributed by atoms with van der Waals surface area (Å²) in [6.45, 7) is 6.42. The first kappa shape index (κ1) is 27.0. The summed E-state index contributed by atoms with van der Waals surface area (Å²) in [7, 11) is 0. The maximum Gasteiger partial charge on any atom is 0.409 e. The van der Waals surface area contributed by atoms with Gasteiger partial charge in [0.2, 0.25) is 5.91 Å². The average molecular weight is 509 g/mol. The number of likely N-dealkylation sites (tertiary alicyclic amines) is 1. The summed E-state index contributed by atoms with van der Waals surface area (Å²) >= 11 is 0. The van der Waals surface area contributed by atoms with E-state index < -0.39 is 29.4 Å². The minimum absolute atomic E-state index is 0.152. The van der Waals surface area contributed by atoms with E-state index >= 15 is 0 Å². The van der Waals surface area contributed by atoms with E-state index in [-0.39, 0.29) is 5.91 Å². The normalized spacial score (nSPS) is 20.2. The van der Waals surface area contributed by atoms with E-state index in [1.54, 1.807) is 4.90 Å². The zero-order chi connectivity index (χ0) is 26.5. The Morgan fingerprint density at radius 2 is 1.70 bits per heavy atom. The molecule has 0 spiro atoms. The minimum atomic E-state index is -1.12. The maximum atomic E-state index is 14.1. The van der Waals surface area contributed by atoms with Gasteiger partial charge in [-0.2, -0.15) is 0 Å². The molecule has 2 N–H and O–H groups in total. The van der Waals surface area contributed by atoms with Crippen LogP contribution in [0.3, 0.4) is 0 Å². The van der Waals surface area contributed by atoms with Crippen LogP contribution in [0.25, 0.3) is 0 Å². The van der Waals surface area contributed by atoms with Crippen LogP contribution in [0.4, 0.5) is 4.79 Å². The lowest BCUT2D eigenvalue weighted by Gasteiger charge is -2.41. The molecule has 2 aromatic rings. The molecular formula is C30H40N2O5. The highest BCUT2D eigenvalue weighted by atomic mass is 16.6. The second-order valence-corrected chi connectivity index (χ2v) is 11.3. The lowest BCUT2D eigenvalue weighted by molar-refractivity contribution is -0.142. The Morgan fingerprint density at radius 1 is 1.03 bits per heavy atom. The van der Waals surface area contributed by atoms with Gasteiger partial charge in [0.05, 0.1) is 11.5 Å². The van der Waals surface area contributed by atoms with Crippen molar-refractivity contribution in [1.82, 2.24) is 10.2 Å². The van der Waals surface area contributed by atoms with Gasteiger partial charge >= 0.3 is 6.09 Å². The number of nitrogens with one attached hydrogen (secondary N) is 1. The van der Waals surface area contributed by atoms with Gasteiger partial charge in [-0.25, -0.2) is 4.79 Å². The third kappa shape index (κ3) is 7.04. The van der Waals surface area contributed by atoms with E-state index in [0.717, 1.165) is 36.8 Å². The number of benzene rings is 2. The molecule has 200 valence electrons. The van der Waals surface area contributed by atoms with Crippen LogP contribution in [0.5, 0.6) is 5.75 Å². The molecule has 37 heavy (non-hydrogen) atoms. The number of hydrogen-bond donors (Lipinski definition) is 2. The van der Waals surface area contributed by atoms with E-state index in [2.05, 4.69) is 5.32 Å². The number of hydrogen-bond acceptors (Lipinski definition) is 5. The number of carbonyl (C=O) groups is 2. The molecule has 2 aromatic carbocycles. The van der Waals surface area contributed by atoms with Crippen molar-refractivity contribution in [2.75, 3.05) is 6.54 Å². The fourth-order valence-electron chi connectivity index (χ4n) is 5.42. The van der Waals surface area contributed by atoms with Crippen molar-refractivity contribution in [1.29, 1.82) is 0 Å². The second-order valence-electron chi connectivity index (χ2n) is 11.3. The van der Waals surface area contributed by atoms with Gasteiger partial charge in [0, 0.05) is 6.54 Å². The Hall–Kier alpha value is -3.06. The van der Waals surface area contributed by atoms with Crippen LogP contribution in [0.2, 0.25) is 0 Å². The fraction of sp³-hybridized carbons (Fsp3) is 0.533. The topological polar surface area (TPSA) is 88.1 Å². The monoisotopic (exact) mass is 508 g/mol. The van der Waals surface area contributed by atoms with E-state index in [1.165, 1.54) is 0 Å². The summed E-state index contributed by atoms with van der Waals surface area (Å²) < 4.78 is 11.4. The van der Waals surface area contributed by atoms with Gasteiger partial charge in [-0.1, -0.05) is 61.7 Å². The third-order valence-corrected chi connectivity index (χ3v) is 7.18. The van der Waals surface area contributed by atoms with Gasteiger partial charge in [-0.3, -0.25) is 4.79 Å². The molecular weight excluding hydrogens is 468 g/mol. The van der Waals surface area contributed by atoms with Gasteiger partial charge in [0.25, 0.3) is 0 Å². The van der Waals surface area contributed by atoms with Crippen LogP contribution in [-0.2, 0) is 16.1 Å². The first-order valence-electron chi connectivity index (χ1n) is 13.4. The van der Waals surface area contributed by atoms with E-state index in [4.69, 9.17) is 9.47 Å². The maximum absolute atomic E-state index is 14.1.